The van der Waals surface area contributed by atoms with Gasteiger partial charge in [-0.25, -0.2) is 0 Å². The number of methoxy groups -OCH3 is 1. The van der Waals surface area contributed by atoms with Crippen LogP contribution >= 0.6 is 11.6 Å². The van der Waals surface area contributed by atoms with Gasteiger partial charge in [-0.05, 0) is 55.3 Å². The van der Waals surface area contributed by atoms with E-state index < -0.39 is 0 Å². The molecule has 7 heteroatoms. The van der Waals surface area contributed by atoms with Gasteiger partial charge in [0.1, 0.15) is 0 Å². The molecule has 0 unspecified atom stereocenters. The Morgan fingerprint density at radius 2 is 1.87 bits per heavy atom. The molecule has 0 aliphatic carbocycles. The number of ether oxygens (including phenoxy) is 2. The maximum Gasteiger partial charge on any atom is 0.251 e. The van der Waals surface area contributed by atoms with Gasteiger partial charge in [0, 0.05) is 32.3 Å². The highest BCUT2D eigenvalue weighted by Gasteiger charge is 2.13. The van der Waals surface area contributed by atoms with Crippen LogP contribution in [-0.2, 0) is 11.3 Å². The van der Waals surface area contributed by atoms with Crippen LogP contribution in [0, 0.1) is 0 Å². The van der Waals surface area contributed by atoms with Gasteiger partial charge in [-0.1, -0.05) is 23.7 Å². The first-order chi connectivity index (χ1) is 14.2. The van der Waals surface area contributed by atoms with Crippen molar-refractivity contribution >= 4 is 29.5 Å². The zero-order valence-electron chi connectivity index (χ0n) is 17.9. The first kappa shape index (κ1) is 23.3. The molecule has 0 radical (unpaired) electrons. The minimum atomic E-state index is -0.164. The lowest BCUT2D eigenvalue weighted by molar-refractivity contribution is -0.125. The van der Waals surface area contributed by atoms with Crippen molar-refractivity contribution in [2.75, 3.05) is 21.2 Å². The van der Waals surface area contributed by atoms with E-state index in [-0.39, 0.29) is 17.9 Å². The predicted molar refractivity (Wildman–Crippen MR) is 119 cm³/mol. The normalized spacial score (nSPS) is 10.9. The zero-order valence-corrected chi connectivity index (χ0v) is 18.6. The summed E-state index contributed by atoms with van der Waals surface area (Å²) in [5.41, 5.74) is 2.22. The smallest absolute Gasteiger partial charge is 0.251 e. The van der Waals surface area contributed by atoms with E-state index in [1.807, 2.05) is 26.0 Å². The van der Waals surface area contributed by atoms with Crippen LogP contribution in [0.15, 0.2) is 42.5 Å². The number of halogens is 1. The summed E-state index contributed by atoms with van der Waals surface area (Å²) >= 11 is 6.33. The van der Waals surface area contributed by atoms with Crippen LogP contribution in [0.1, 0.15) is 35.3 Å². The Balaban J connectivity index is 2.07. The average molecular weight is 431 g/mol. The van der Waals surface area contributed by atoms with Crippen molar-refractivity contribution in [3.05, 3.63) is 64.2 Å². The van der Waals surface area contributed by atoms with Gasteiger partial charge in [-0.2, -0.15) is 0 Å². The van der Waals surface area contributed by atoms with Crippen molar-refractivity contribution in [1.29, 1.82) is 0 Å². The van der Waals surface area contributed by atoms with Gasteiger partial charge >= 0.3 is 0 Å². The summed E-state index contributed by atoms with van der Waals surface area (Å²) in [7, 11) is 4.84. The van der Waals surface area contributed by atoms with Crippen LogP contribution in [0.5, 0.6) is 11.5 Å². The first-order valence-corrected chi connectivity index (χ1v) is 9.91. The van der Waals surface area contributed by atoms with E-state index in [0.717, 1.165) is 11.1 Å². The average Bonchev–Trinajstić information content (AvgIpc) is 2.73. The molecule has 0 atom stereocenters. The number of amides is 2. The van der Waals surface area contributed by atoms with Crippen molar-refractivity contribution in [3.8, 4) is 11.5 Å². The molecule has 160 valence electrons. The number of benzene rings is 2. The lowest BCUT2D eigenvalue weighted by Gasteiger charge is -2.16. The predicted octanol–water partition coefficient (Wildman–Crippen LogP) is 4.17. The molecule has 2 aromatic rings. The van der Waals surface area contributed by atoms with Gasteiger partial charge in [0.25, 0.3) is 5.91 Å². The number of nitrogens with zero attached hydrogens (tertiary/aromatic N) is 1. The monoisotopic (exact) mass is 430 g/mol. The summed E-state index contributed by atoms with van der Waals surface area (Å²) in [5, 5.41) is 2.99. The molecule has 0 fully saturated rings. The molecule has 0 aliphatic heterocycles. The van der Waals surface area contributed by atoms with Crippen molar-refractivity contribution in [2.24, 2.45) is 0 Å². The number of carbonyl (C=O) groups is 2. The third-order valence-electron chi connectivity index (χ3n) is 4.26. The number of carbonyl (C=O) groups excluding carboxylic acids is 2. The molecular weight excluding hydrogens is 404 g/mol. The zero-order chi connectivity index (χ0) is 22.3. The topological polar surface area (TPSA) is 67.9 Å². The molecule has 0 saturated carbocycles. The van der Waals surface area contributed by atoms with E-state index in [9.17, 15) is 9.59 Å². The van der Waals surface area contributed by atoms with Gasteiger partial charge in [0.05, 0.1) is 18.2 Å². The van der Waals surface area contributed by atoms with Gasteiger partial charge in [-0.15, -0.1) is 0 Å². The van der Waals surface area contributed by atoms with Crippen LogP contribution in [0.3, 0.4) is 0 Å². The van der Waals surface area contributed by atoms with E-state index in [1.54, 1.807) is 56.4 Å². The Labute approximate surface area is 182 Å². The van der Waals surface area contributed by atoms with Crippen molar-refractivity contribution < 1.29 is 19.1 Å². The van der Waals surface area contributed by atoms with E-state index in [1.165, 1.54) is 6.08 Å². The fraction of sp³-hybridized carbons (Fsp3) is 0.304. The number of rotatable bonds is 8. The first-order valence-electron chi connectivity index (χ1n) is 9.53. The fourth-order valence-electron chi connectivity index (χ4n) is 2.74. The van der Waals surface area contributed by atoms with Crippen LogP contribution in [0.2, 0.25) is 5.02 Å². The molecule has 0 saturated heterocycles. The summed E-state index contributed by atoms with van der Waals surface area (Å²) in [4.78, 5) is 25.7. The molecule has 0 heterocycles. The van der Waals surface area contributed by atoms with Crippen LogP contribution < -0.4 is 14.8 Å². The largest absolute Gasteiger partial charge is 0.493 e. The van der Waals surface area contributed by atoms with E-state index in [4.69, 9.17) is 21.1 Å². The van der Waals surface area contributed by atoms with Gasteiger partial charge in [-0.3, -0.25) is 9.59 Å². The molecule has 2 amide bonds. The summed E-state index contributed by atoms with van der Waals surface area (Å²) in [5.74, 6) is 0.679. The van der Waals surface area contributed by atoms with Crippen molar-refractivity contribution in [3.63, 3.8) is 0 Å². The van der Waals surface area contributed by atoms with Gasteiger partial charge in [0.15, 0.2) is 11.5 Å². The maximum absolute atomic E-state index is 12.5. The van der Waals surface area contributed by atoms with Crippen molar-refractivity contribution in [1.82, 2.24) is 10.2 Å². The highest BCUT2D eigenvalue weighted by Crippen LogP contribution is 2.37. The van der Waals surface area contributed by atoms with Crippen LogP contribution in [0.25, 0.3) is 6.08 Å². The third-order valence-corrected chi connectivity index (χ3v) is 4.54. The Hall–Kier alpha value is -2.99. The summed E-state index contributed by atoms with van der Waals surface area (Å²) < 4.78 is 11.1. The lowest BCUT2D eigenvalue weighted by atomic mass is 10.1. The highest BCUT2D eigenvalue weighted by atomic mass is 35.5. The minimum absolute atomic E-state index is 0.0431. The Morgan fingerprint density at radius 1 is 1.20 bits per heavy atom. The number of hydrogen-bond acceptors (Lipinski definition) is 4. The second kappa shape index (κ2) is 10.7. The fourth-order valence-corrected chi connectivity index (χ4v) is 3.00. The number of likely N-dealkylation sites (N-methyl/N-ethyl adjacent to an activating group) is 1. The van der Waals surface area contributed by atoms with Crippen LogP contribution in [0.4, 0.5) is 0 Å². The lowest BCUT2D eigenvalue weighted by Crippen LogP contribution is -2.24. The molecule has 0 spiro atoms. The number of hydrogen-bond donors (Lipinski definition) is 1. The molecule has 30 heavy (non-hydrogen) atoms. The van der Waals surface area contributed by atoms with Gasteiger partial charge < -0.3 is 19.7 Å². The second-order valence-corrected chi connectivity index (χ2v) is 7.41. The molecule has 2 aromatic carbocycles. The molecular formula is C23H27ClN2O4. The summed E-state index contributed by atoms with van der Waals surface area (Å²) in [6.45, 7) is 4.23. The molecule has 1 N–H and O–H groups in total. The standard InChI is InChI=1S/C23H27ClN2O4/c1-15(2)30-22-19(24)12-17(13-20(22)29-5)8-11-21(27)26(4)14-16-6-9-18(10-7-16)23(28)25-3/h6-13,15H,14H2,1-5H3,(H,25,28)/b11-8+. The summed E-state index contributed by atoms with van der Waals surface area (Å²) in [6, 6.07) is 10.6. The van der Waals surface area contributed by atoms with Crippen LogP contribution in [-0.4, -0.2) is 44.0 Å². The number of nitrogens with one attached hydrogen (secondary N) is 1. The molecule has 2 rings (SSSR count). The molecule has 6 nitrogen and oxygen atoms in total. The van der Waals surface area contributed by atoms with E-state index in [0.29, 0.717) is 28.6 Å². The third kappa shape index (κ3) is 6.26. The van der Waals surface area contributed by atoms with E-state index >= 15 is 0 Å². The second-order valence-electron chi connectivity index (χ2n) is 7.00. The molecule has 0 aliphatic rings. The quantitative estimate of drug-likeness (QED) is 0.638. The Bertz CT molecular complexity index is 924. The Kier molecular flexibility index (Phi) is 8.30. The maximum atomic E-state index is 12.5. The Morgan fingerprint density at radius 3 is 2.43 bits per heavy atom. The summed E-state index contributed by atoms with van der Waals surface area (Å²) in [6.07, 6.45) is 3.12. The molecule has 0 bridgehead atoms. The minimum Gasteiger partial charge on any atom is -0.493 e. The highest BCUT2D eigenvalue weighted by molar-refractivity contribution is 6.32. The molecule has 0 aromatic heterocycles. The van der Waals surface area contributed by atoms with E-state index in [2.05, 4.69) is 5.32 Å². The van der Waals surface area contributed by atoms with Crippen molar-refractivity contribution in [2.45, 2.75) is 26.5 Å². The van der Waals surface area contributed by atoms with Gasteiger partial charge in [0.2, 0.25) is 5.91 Å². The SMILES string of the molecule is CNC(=O)c1ccc(CN(C)C(=O)/C=C/c2cc(Cl)c(OC(C)C)c(OC)c2)cc1.